The molecule has 2 aromatic carbocycles. The normalized spacial score (nSPS) is 22.9. The van der Waals surface area contributed by atoms with Crippen molar-refractivity contribution in [2.45, 2.75) is 44.3 Å². The number of para-hydroxylation sites is 1. The van der Waals surface area contributed by atoms with E-state index in [0.29, 0.717) is 12.2 Å². The van der Waals surface area contributed by atoms with Crippen molar-refractivity contribution in [2.75, 3.05) is 27.0 Å². The van der Waals surface area contributed by atoms with Crippen LogP contribution in [0, 0.1) is 0 Å². The summed E-state index contributed by atoms with van der Waals surface area (Å²) in [6, 6.07) is 17.2. The highest BCUT2D eigenvalue weighted by Crippen LogP contribution is 2.43. The Morgan fingerprint density at radius 3 is 2.64 bits per heavy atom. The average molecular weight is 512 g/mol. The Hall–Kier alpha value is -2.54. The molecule has 7 nitrogen and oxygen atoms in total. The molecule has 0 saturated carbocycles. The number of rotatable bonds is 11. The third kappa shape index (κ3) is 5.88. The van der Waals surface area contributed by atoms with Crippen LogP contribution in [0.3, 0.4) is 0 Å². The van der Waals surface area contributed by atoms with Gasteiger partial charge in [0.2, 0.25) is 0 Å². The van der Waals surface area contributed by atoms with Crippen molar-refractivity contribution in [1.29, 1.82) is 0 Å². The van der Waals surface area contributed by atoms with Gasteiger partial charge in [0, 0.05) is 25.4 Å². The molecule has 0 bridgehead atoms. The van der Waals surface area contributed by atoms with Crippen molar-refractivity contribution in [1.82, 2.24) is 4.57 Å². The first-order valence-corrected chi connectivity index (χ1v) is 13.8. The molecule has 3 aromatic rings. The van der Waals surface area contributed by atoms with Crippen molar-refractivity contribution in [2.24, 2.45) is 0 Å². The van der Waals surface area contributed by atoms with Crippen molar-refractivity contribution >= 4 is 25.2 Å². The maximum atomic E-state index is 13.1. The Morgan fingerprint density at radius 2 is 1.92 bits per heavy atom. The first-order valence-electron chi connectivity index (χ1n) is 12.2. The molecule has 1 aliphatic heterocycles. The largest absolute Gasteiger partial charge is 0.453 e. The van der Waals surface area contributed by atoms with Gasteiger partial charge in [-0.15, -0.1) is 6.58 Å². The third-order valence-electron chi connectivity index (χ3n) is 6.22. The second-order valence-electron chi connectivity index (χ2n) is 8.66. The lowest BCUT2D eigenvalue weighted by atomic mass is 10.0. The smallest absolute Gasteiger partial charge is 0.338 e. The number of esters is 1. The zero-order valence-corrected chi connectivity index (χ0v) is 21.9. The molecule has 5 atom stereocenters. The lowest BCUT2D eigenvalue weighted by Gasteiger charge is -2.42. The number of carbonyl (C=O) groups excluding carboxylic acids is 1. The molecular weight excluding hydrogens is 477 g/mol. The van der Waals surface area contributed by atoms with E-state index in [1.165, 1.54) is 10.9 Å². The zero-order chi connectivity index (χ0) is 25.5. The molecule has 0 amide bonds. The van der Waals surface area contributed by atoms with E-state index in [-0.39, 0.29) is 6.61 Å². The quantitative estimate of drug-likeness (QED) is 0.182. The van der Waals surface area contributed by atoms with E-state index in [4.69, 9.17) is 23.3 Å². The number of methoxy groups -OCH3 is 1. The summed E-state index contributed by atoms with van der Waals surface area (Å²) in [5, 5.41) is 1.18. The van der Waals surface area contributed by atoms with Crippen molar-refractivity contribution in [3.05, 3.63) is 84.6 Å². The standard InChI is InChI=1S/C28H34NO6P/c1-5-12-21-18-29(23-16-11-10-15-22(21)23)27-26(35-36(4)33-17-6-2)25(24(31-3)19-32-27)34-28(30)20-13-8-7-9-14-20/h6-11,13-16,18,24-27H,2,5,12,17,19H2,1,3-4H3. The first-order chi connectivity index (χ1) is 17.6. The van der Waals surface area contributed by atoms with Crippen LogP contribution in [0.15, 0.2) is 73.4 Å². The van der Waals surface area contributed by atoms with Crippen LogP contribution >= 0.6 is 8.38 Å². The molecule has 4 rings (SSSR count). The second-order valence-corrected chi connectivity index (χ2v) is 10.0. The van der Waals surface area contributed by atoms with Crippen molar-refractivity contribution in [3.8, 4) is 0 Å². The molecule has 36 heavy (non-hydrogen) atoms. The maximum Gasteiger partial charge on any atom is 0.338 e. The van der Waals surface area contributed by atoms with Crippen LogP contribution in [0.25, 0.3) is 10.9 Å². The summed E-state index contributed by atoms with van der Waals surface area (Å²) in [4.78, 5) is 13.1. The minimum atomic E-state index is -1.31. The van der Waals surface area contributed by atoms with E-state index < -0.39 is 38.9 Å². The van der Waals surface area contributed by atoms with Crippen LogP contribution in [-0.2, 0) is 29.7 Å². The molecule has 0 aliphatic carbocycles. The number of hydrogen-bond acceptors (Lipinski definition) is 6. The molecule has 5 unspecified atom stereocenters. The van der Waals surface area contributed by atoms with Gasteiger partial charge in [-0.1, -0.05) is 55.8 Å². The maximum absolute atomic E-state index is 13.1. The predicted molar refractivity (Wildman–Crippen MR) is 141 cm³/mol. The zero-order valence-electron chi connectivity index (χ0n) is 21.0. The molecular formula is C28H34NO6P. The Kier molecular flexibility index (Phi) is 9.30. The predicted octanol–water partition coefficient (Wildman–Crippen LogP) is 5.89. The molecule has 0 radical (unpaired) electrons. The SMILES string of the molecule is C=CCOP(C)OC1C(OC(=O)c2ccccc2)C(OC)COC1n1cc(CCC)c2ccccc21. The summed E-state index contributed by atoms with van der Waals surface area (Å²) < 4.78 is 32.5. The van der Waals surface area contributed by atoms with E-state index in [9.17, 15) is 4.79 Å². The van der Waals surface area contributed by atoms with Crippen LogP contribution in [0.2, 0.25) is 0 Å². The number of aromatic nitrogens is 1. The molecule has 2 heterocycles. The summed E-state index contributed by atoms with van der Waals surface area (Å²) in [6.07, 6.45) is 3.35. The monoisotopic (exact) mass is 511 g/mol. The number of fused-ring (bicyclic) bond motifs is 1. The molecule has 1 aromatic heterocycles. The summed E-state index contributed by atoms with van der Waals surface area (Å²) in [7, 11) is 0.275. The number of aryl methyl sites for hydroxylation is 1. The molecule has 0 spiro atoms. The van der Waals surface area contributed by atoms with E-state index in [1.807, 2.05) is 24.9 Å². The van der Waals surface area contributed by atoms with Gasteiger partial charge in [-0.05, 0) is 30.2 Å². The Morgan fingerprint density at radius 1 is 1.17 bits per heavy atom. The van der Waals surface area contributed by atoms with Gasteiger partial charge in [-0.2, -0.15) is 0 Å². The average Bonchev–Trinajstić information content (AvgIpc) is 3.27. The van der Waals surface area contributed by atoms with Crippen LogP contribution in [0.5, 0.6) is 0 Å². The van der Waals surface area contributed by atoms with Crippen LogP contribution in [0.1, 0.15) is 35.5 Å². The fraction of sp³-hybridized carbons (Fsp3) is 0.393. The van der Waals surface area contributed by atoms with Crippen LogP contribution < -0.4 is 0 Å². The summed E-state index contributed by atoms with van der Waals surface area (Å²) in [6.45, 7) is 8.37. The number of carbonyl (C=O) groups is 1. The van der Waals surface area contributed by atoms with Crippen LogP contribution in [0.4, 0.5) is 0 Å². The fourth-order valence-electron chi connectivity index (χ4n) is 4.53. The van der Waals surface area contributed by atoms with Gasteiger partial charge in [0.1, 0.15) is 12.2 Å². The van der Waals surface area contributed by atoms with Gasteiger partial charge in [0.25, 0.3) is 0 Å². The lowest BCUT2D eigenvalue weighted by molar-refractivity contribution is -0.208. The molecule has 1 fully saturated rings. The lowest BCUT2D eigenvalue weighted by Crippen LogP contribution is -2.54. The molecule has 8 heteroatoms. The Bertz CT molecular complexity index is 1150. The van der Waals surface area contributed by atoms with Crippen LogP contribution in [-0.4, -0.2) is 55.8 Å². The number of ether oxygens (including phenoxy) is 3. The van der Waals surface area contributed by atoms with E-state index in [0.717, 1.165) is 18.4 Å². The van der Waals surface area contributed by atoms with Gasteiger partial charge in [-0.25, -0.2) is 4.79 Å². The summed E-state index contributed by atoms with van der Waals surface area (Å²) in [5.41, 5.74) is 2.74. The van der Waals surface area contributed by atoms with Gasteiger partial charge >= 0.3 is 5.97 Å². The molecule has 1 aliphatic rings. The molecule has 1 saturated heterocycles. The van der Waals surface area contributed by atoms with Gasteiger partial charge in [0.15, 0.2) is 20.7 Å². The Labute approximate surface area is 213 Å². The van der Waals surface area contributed by atoms with Gasteiger partial charge < -0.3 is 27.8 Å². The van der Waals surface area contributed by atoms with E-state index in [1.54, 1.807) is 37.5 Å². The van der Waals surface area contributed by atoms with Gasteiger partial charge in [0.05, 0.1) is 24.3 Å². The third-order valence-corrected chi connectivity index (χ3v) is 7.27. The number of benzene rings is 2. The van der Waals surface area contributed by atoms with Gasteiger partial charge in [-0.3, -0.25) is 0 Å². The minimum absolute atomic E-state index is 0.249. The highest BCUT2D eigenvalue weighted by atomic mass is 31.2. The summed E-state index contributed by atoms with van der Waals surface area (Å²) >= 11 is 0. The highest BCUT2D eigenvalue weighted by Gasteiger charge is 2.46. The Balaban J connectivity index is 1.73. The van der Waals surface area contributed by atoms with Crippen molar-refractivity contribution < 1.29 is 28.1 Å². The second kappa shape index (κ2) is 12.6. The molecule has 0 N–H and O–H groups in total. The van der Waals surface area contributed by atoms with E-state index in [2.05, 4.69) is 36.4 Å². The minimum Gasteiger partial charge on any atom is -0.453 e. The highest BCUT2D eigenvalue weighted by molar-refractivity contribution is 7.46. The fourth-order valence-corrected chi connectivity index (χ4v) is 5.48. The van der Waals surface area contributed by atoms with E-state index >= 15 is 0 Å². The number of hydrogen-bond donors (Lipinski definition) is 0. The van der Waals surface area contributed by atoms with Crippen molar-refractivity contribution in [3.63, 3.8) is 0 Å². The summed E-state index contributed by atoms with van der Waals surface area (Å²) in [5.74, 6) is -0.437. The topological polar surface area (TPSA) is 68.2 Å². The number of nitrogens with zero attached hydrogens (tertiary/aromatic N) is 1. The first kappa shape index (κ1) is 26.5. The molecule has 192 valence electrons.